The number of ether oxygens (including phenoxy) is 1. The van der Waals surface area contributed by atoms with Gasteiger partial charge in [-0.05, 0) is 59.0 Å². The molecule has 0 spiro atoms. The van der Waals surface area contributed by atoms with Crippen LogP contribution >= 0.6 is 0 Å². The molecule has 0 amide bonds. The Labute approximate surface area is 202 Å². The van der Waals surface area contributed by atoms with Crippen molar-refractivity contribution in [1.82, 2.24) is 9.88 Å². The van der Waals surface area contributed by atoms with Gasteiger partial charge in [-0.2, -0.15) is 0 Å². The summed E-state index contributed by atoms with van der Waals surface area (Å²) in [6.45, 7) is 2.60. The van der Waals surface area contributed by atoms with Crippen molar-refractivity contribution in [3.63, 3.8) is 0 Å². The van der Waals surface area contributed by atoms with Crippen LogP contribution in [0.3, 0.4) is 0 Å². The average molecular weight is 476 g/mol. The van der Waals surface area contributed by atoms with E-state index in [4.69, 9.17) is 30.4 Å². The minimum Gasteiger partial charge on any atom is -0.494 e. The van der Waals surface area contributed by atoms with Crippen LogP contribution in [0.5, 0.6) is 5.75 Å². The standard InChI is InChI=1S/C24H22FN5O.C2H4O2/c1-31-21-15-17(6-7-20(21)25)16-4-2-5-19(14-16)24(18-8-11-27-12-9-18)22-28-10-3-13-30(22)23(26)29-24;1-2(3)4/h2,4-9,11-12,14-15H,3,10,13H2,1H3,(H2,26,29);1H3,(H,3,4). The zero-order valence-corrected chi connectivity index (χ0v) is 19.5. The molecule has 3 N–H and O–H groups in total. The van der Waals surface area contributed by atoms with Crippen LogP contribution in [0.25, 0.3) is 11.1 Å². The summed E-state index contributed by atoms with van der Waals surface area (Å²) >= 11 is 0. The molecule has 0 fully saturated rings. The Morgan fingerprint density at radius 1 is 1.11 bits per heavy atom. The number of nitrogens with two attached hydrogens (primary N) is 1. The lowest BCUT2D eigenvalue weighted by molar-refractivity contribution is -0.134. The highest BCUT2D eigenvalue weighted by molar-refractivity contribution is 6.12. The van der Waals surface area contributed by atoms with Crippen molar-refractivity contribution in [3.05, 3.63) is 83.9 Å². The maximum atomic E-state index is 13.9. The van der Waals surface area contributed by atoms with E-state index in [2.05, 4.69) is 11.1 Å². The van der Waals surface area contributed by atoms with Crippen molar-refractivity contribution < 1.29 is 19.0 Å². The van der Waals surface area contributed by atoms with Gasteiger partial charge < -0.3 is 15.6 Å². The van der Waals surface area contributed by atoms with E-state index < -0.39 is 17.3 Å². The van der Waals surface area contributed by atoms with Crippen LogP contribution < -0.4 is 10.5 Å². The van der Waals surface area contributed by atoms with E-state index in [1.807, 2.05) is 35.2 Å². The fourth-order valence-corrected chi connectivity index (χ4v) is 4.33. The summed E-state index contributed by atoms with van der Waals surface area (Å²) in [6, 6.07) is 16.8. The number of hydrogen-bond acceptors (Lipinski definition) is 7. The van der Waals surface area contributed by atoms with Crippen molar-refractivity contribution in [2.75, 3.05) is 20.2 Å². The molecule has 9 heteroatoms. The summed E-state index contributed by atoms with van der Waals surface area (Å²) in [5.74, 6) is 0.272. The number of methoxy groups -OCH3 is 1. The number of benzene rings is 2. The molecule has 180 valence electrons. The number of halogens is 1. The zero-order chi connectivity index (χ0) is 25.0. The van der Waals surface area contributed by atoms with E-state index in [9.17, 15) is 4.39 Å². The van der Waals surface area contributed by atoms with Gasteiger partial charge in [0.1, 0.15) is 5.84 Å². The van der Waals surface area contributed by atoms with Crippen LogP contribution in [0.4, 0.5) is 4.39 Å². The van der Waals surface area contributed by atoms with Gasteiger partial charge in [-0.15, -0.1) is 0 Å². The molecular weight excluding hydrogens is 449 g/mol. The molecule has 0 saturated carbocycles. The van der Waals surface area contributed by atoms with Gasteiger partial charge in [-0.1, -0.05) is 24.3 Å². The third-order valence-electron chi connectivity index (χ3n) is 5.80. The van der Waals surface area contributed by atoms with E-state index >= 15 is 0 Å². The largest absolute Gasteiger partial charge is 0.494 e. The fourth-order valence-electron chi connectivity index (χ4n) is 4.33. The van der Waals surface area contributed by atoms with Gasteiger partial charge >= 0.3 is 0 Å². The number of amidine groups is 1. The number of aliphatic imine (C=N–C) groups is 2. The van der Waals surface area contributed by atoms with Crippen molar-refractivity contribution in [2.24, 2.45) is 15.7 Å². The molecule has 0 aliphatic carbocycles. The van der Waals surface area contributed by atoms with Gasteiger partial charge in [0.05, 0.1) is 7.11 Å². The van der Waals surface area contributed by atoms with E-state index in [1.54, 1.807) is 24.5 Å². The molecule has 2 aliphatic rings. The SMILES string of the molecule is CC(=O)O.COc1cc(-c2cccc(C3(c4ccncc4)N=C(N)N4CCCN=C43)c2)ccc1F. The smallest absolute Gasteiger partial charge is 0.300 e. The maximum absolute atomic E-state index is 13.9. The highest BCUT2D eigenvalue weighted by Gasteiger charge is 2.49. The summed E-state index contributed by atoms with van der Waals surface area (Å²) in [5.41, 5.74) is 9.17. The van der Waals surface area contributed by atoms with Crippen molar-refractivity contribution in [2.45, 2.75) is 18.9 Å². The predicted octanol–water partition coefficient (Wildman–Crippen LogP) is 3.66. The highest BCUT2D eigenvalue weighted by atomic mass is 19.1. The number of carbonyl (C=O) groups is 1. The van der Waals surface area contributed by atoms with Crippen LogP contribution in [0.1, 0.15) is 24.5 Å². The molecule has 1 atom stereocenters. The van der Waals surface area contributed by atoms with Crippen molar-refractivity contribution in [3.8, 4) is 16.9 Å². The zero-order valence-electron chi connectivity index (χ0n) is 19.5. The average Bonchev–Trinajstić information content (AvgIpc) is 3.18. The summed E-state index contributed by atoms with van der Waals surface area (Å²) < 4.78 is 19.1. The number of fused-ring (bicyclic) bond motifs is 1. The summed E-state index contributed by atoms with van der Waals surface area (Å²) in [4.78, 5) is 25.0. The molecular formula is C26H26FN5O3. The number of aromatic nitrogens is 1. The molecule has 3 heterocycles. The fraction of sp³-hybridized carbons (Fsp3) is 0.231. The maximum Gasteiger partial charge on any atom is 0.300 e. The minimum atomic E-state index is -0.854. The molecule has 0 bridgehead atoms. The molecule has 2 aromatic carbocycles. The molecule has 5 rings (SSSR count). The first kappa shape index (κ1) is 23.9. The third kappa shape index (κ3) is 4.57. The van der Waals surface area contributed by atoms with E-state index in [0.717, 1.165) is 54.5 Å². The second-order valence-corrected chi connectivity index (χ2v) is 8.08. The second-order valence-electron chi connectivity index (χ2n) is 8.08. The van der Waals surface area contributed by atoms with Crippen LogP contribution in [0, 0.1) is 5.82 Å². The molecule has 1 unspecified atom stereocenters. The molecule has 0 radical (unpaired) electrons. The van der Waals surface area contributed by atoms with Crippen molar-refractivity contribution in [1.29, 1.82) is 0 Å². The number of carboxylic acid groups (broad SMARTS) is 1. The number of guanidine groups is 1. The third-order valence-corrected chi connectivity index (χ3v) is 5.80. The first-order valence-corrected chi connectivity index (χ1v) is 11.1. The Hall–Kier alpha value is -4.27. The lowest BCUT2D eigenvalue weighted by Gasteiger charge is -2.33. The molecule has 35 heavy (non-hydrogen) atoms. The minimum absolute atomic E-state index is 0.206. The van der Waals surface area contributed by atoms with E-state index in [0.29, 0.717) is 5.96 Å². The number of hydrogen-bond donors (Lipinski definition) is 2. The van der Waals surface area contributed by atoms with Gasteiger partial charge in [-0.25, -0.2) is 9.38 Å². The Balaban J connectivity index is 0.000000672. The second kappa shape index (κ2) is 9.92. The number of rotatable bonds is 4. The Morgan fingerprint density at radius 3 is 2.54 bits per heavy atom. The van der Waals surface area contributed by atoms with Gasteiger partial charge in [-0.3, -0.25) is 19.7 Å². The normalized spacial score (nSPS) is 18.5. The molecule has 3 aromatic rings. The Kier molecular flexibility index (Phi) is 6.77. The molecule has 1 aromatic heterocycles. The van der Waals surface area contributed by atoms with Crippen molar-refractivity contribution >= 4 is 17.8 Å². The lowest BCUT2D eigenvalue weighted by atomic mass is 9.81. The Bertz CT molecular complexity index is 1290. The molecule has 8 nitrogen and oxygen atoms in total. The lowest BCUT2D eigenvalue weighted by Crippen LogP contribution is -2.46. The van der Waals surface area contributed by atoms with Crippen LogP contribution in [-0.4, -0.2) is 53.0 Å². The first-order chi connectivity index (χ1) is 16.9. The van der Waals surface area contributed by atoms with Crippen LogP contribution in [0.2, 0.25) is 0 Å². The van der Waals surface area contributed by atoms with E-state index in [-0.39, 0.29) is 5.75 Å². The number of pyridine rings is 1. The van der Waals surface area contributed by atoms with Gasteiger partial charge in [0, 0.05) is 32.4 Å². The number of nitrogens with zero attached hydrogens (tertiary/aromatic N) is 4. The predicted molar refractivity (Wildman–Crippen MR) is 132 cm³/mol. The quantitative estimate of drug-likeness (QED) is 0.595. The van der Waals surface area contributed by atoms with E-state index in [1.165, 1.54) is 13.2 Å². The summed E-state index contributed by atoms with van der Waals surface area (Å²) in [6.07, 6.45) is 4.44. The topological polar surface area (TPSA) is 113 Å². The Morgan fingerprint density at radius 2 is 1.83 bits per heavy atom. The van der Waals surface area contributed by atoms with Gasteiger partial charge in [0.15, 0.2) is 23.1 Å². The van der Waals surface area contributed by atoms with Gasteiger partial charge in [0.25, 0.3) is 5.97 Å². The van der Waals surface area contributed by atoms with Gasteiger partial charge in [0.2, 0.25) is 0 Å². The summed E-state index contributed by atoms with van der Waals surface area (Å²) in [7, 11) is 1.46. The number of aliphatic carboxylic acids is 1. The highest BCUT2D eigenvalue weighted by Crippen LogP contribution is 2.42. The summed E-state index contributed by atoms with van der Waals surface area (Å²) in [5, 5.41) is 7.42. The van der Waals surface area contributed by atoms with Crippen LogP contribution in [-0.2, 0) is 10.3 Å². The first-order valence-electron chi connectivity index (χ1n) is 11.1. The van der Waals surface area contributed by atoms with Crippen LogP contribution in [0.15, 0.2) is 77.0 Å². The number of carboxylic acids is 1. The monoisotopic (exact) mass is 475 g/mol. The molecule has 2 aliphatic heterocycles. The molecule has 0 saturated heterocycles.